The van der Waals surface area contributed by atoms with Crippen molar-refractivity contribution in [2.24, 2.45) is 5.41 Å². The van der Waals surface area contributed by atoms with Crippen LogP contribution in [0.1, 0.15) is 57.9 Å². The highest BCUT2D eigenvalue weighted by atomic mass is 79.9. The second-order valence-electron chi connectivity index (χ2n) is 6.52. The van der Waals surface area contributed by atoms with Crippen LogP contribution in [0.25, 0.3) is 0 Å². The first-order valence-corrected chi connectivity index (χ1v) is 9.43. The van der Waals surface area contributed by atoms with Gasteiger partial charge in [-0.15, -0.1) is 0 Å². The van der Waals surface area contributed by atoms with E-state index < -0.39 is 0 Å². The fraction of sp³-hybridized carbons (Fsp3) is 0.667. The molecule has 3 heteroatoms. The van der Waals surface area contributed by atoms with Crippen molar-refractivity contribution in [3.8, 4) is 0 Å². The summed E-state index contributed by atoms with van der Waals surface area (Å²) in [5.41, 5.74) is 1.63. The Labute approximate surface area is 143 Å². The first kappa shape index (κ1) is 17.3. The standard InChI is InChI=1S/C18H27BrClN/c1-3-5-10-18(4-2,13-21-16-8-9-16)12-14-6-7-15(19)11-17(14)20/h6-7,11,16,21H,3-5,8-10,12-13H2,1-2H3. The van der Waals surface area contributed by atoms with Gasteiger partial charge in [0.05, 0.1) is 0 Å². The fourth-order valence-electron chi connectivity index (χ4n) is 2.94. The molecule has 118 valence electrons. The number of halogens is 2. The first-order chi connectivity index (χ1) is 10.1. The van der Waals surface area contributed by atoms with Gasteiger partial charge in [-0.3, -0.25) is 0 Å². The molecular weight excluding hydrogens is 346 g/mol. The van der Waals surface area contributed by atoms with Gasteiger partial charge in [0.25, 0.3) is 0 Å². The van der Waals surface area contributed by atoms with Crippen LogP contribution in [-0.4, -0.2) is 12.6 Å². The van der Waals surface area contributed by atoms with Crippen molar-refractivity contribution in [3.63, 3.8) is 0 Å². The SMILES string of the molecule is CCCCC(CC)(CNC1CC1)Cc1ccc(Br)cc1Cl. The number of hydrogen-bond donors (Lipinski definition) is 1. The summed E-state index contributed by atoms with van der Waals surface area (Å²) >= 11 is 9.95. The van der Waals surface area contributed by atoms with E-state index in [-0.39, 0.29) is 0 Å². The van der Waals surface area contributed by atoms with Crippen LogP contribution in [0.3, 0.4) is 0 Å². The molecule has 0 aliphatic heterocycles. The summed E-state index contributed by atoms with van der Waals surface area (Å²) < 4.78 is 1.06. The molecular formula is C18H27BrClN. The van der Waals surface area contributed by atoms with E-state index in [1.165, 1.54) is 44.1 Å². The maximum atomic E-state index is 6.45. The summed E-state index contributed by atoms with van der Waals surface area (Å²) in [5, 5.41) is 4.65. The highest BCUT2D eigenvalue weighted by Crippen LogP contribution is 2.36. The molecule has 2 rings (SSSR count). The van der Waals surface area contributed by atoms with Crippen molar-refractivity contribution in [3.05, 3.63) is 33.3 Å². The summed E-state index contributed by atoms with van der Waals surface area (Å²) in [7, 11) is 0. The molecule has 0 aromatic heterocycles. The van der Waals surface area contributed by atoms with E-state index >= 15 is 0 Å². The lowest BCUT2D eigenvalue weighted by molar-refractivity contribution is 0.228. The summed E-state index contributed by atoms with van der Waals surface area (Å²) in [6, 6.07) is 7.08. The van der Waals surface area contributed by atoms with Gasteiger partial charge in [-0.2, -0.15) is 0 Å². The van der Waals surface area contributed by atoms with E-state index in [0.717, 1.165) is 28.5 Å². The minimum absolute atomic E-state index is 0.343. The average molecular weight is 373 g/mol. The van der Waals surface area contributed by atoms with Crippen LogP contribution >= 0.6 is 27.5 Å². The van der Waals surface area contributed by atoms with Crippen LogP contribution < -0.4 is 5.32 Å². The lowest BCUT2D eigenvalue weighted by atomic mass is 9.75. The molecule has 21 heavy (non-hydrogen) atoms. The minimum atomic E-state index is 0.343. The van der Waals surface area contributed by atoms with Crippen molar-refractivity contribution >= 4 is 27.5 Å². The van der Waals surface area contributed by atoms with Gasteiger partial charge in [-0.1, -0.05) is 60.3 Å². The molecule has 0 spiro atoms. The topological polar surface area (TPSA) is 12.0 Å². The van der Waals surface area contributed by atoms with E-state index in [1.807, 2.05) is 6.07 Å². The number of rotatable bonds is 9. The molecule has 1 nitrogen and oxygen atoms in total. The summed E-state index contributed by atoms with van der Waals surface area (Å²) in [6.45, 7) is 5.74. The van der Waals surface area contributed by atoms with Crippen LogP contribution in [0.15, 0.2) is 22.7 Å². The molecule has 0 amide bonds. The zero-order valence-electron chi connectivity index (χ0n) is 13.2. The van der Waals surface area contributed by atoms with Crippen LogP contribution in [0.2, 0.25) is 5.02 Å². The normalized spacial score (nSPS) is 17.7. The number of hydrogen-bond acceptors (Lipinski definition) is 1. The Hall–Kier alpha value is -0.0500. The number of benzene rings is 1. The Morgan fingerprint density at radius 1 is 1.33 bits per heavy atom. The molecule has 0 bridgehead atoms. The van der Waals surface area contributed by atoms with Gasteiger partial charge < -0.3 is 5.32 Å². The predicted octanol–water partition coefficient (Wildman–Crippen LogP) is 5.98. The van der Waals surface area contributed by atoms with E-state index in [4.69, 9.17) is 11.6 Å². The maximum absolute atomic E-state index is 6.45. The van der Waals surface area contributed by atoms with Crippen molar-refractivity contribution in [2.75, 3.05) is 6.54 Å². The fourth-order valence-corrected chi connectivity index (χ4v) is 3.68. The second kappa shape index (κ2) is 7.99. The molecule has 1 N–H and O–H groups in total. The predicted molar refractivity (Wildman–Crippen MR) is 96.1 cm³/mol. The van der Waals surface area contributed by atoms with Gasteiger partial charge in [0.2, 0.25) is 0 Å². The van der Waals surface area contributed by atoms with Crippen LogP contribution in [0, 0.1) is 5.41 Å². The van der Waals surface area contributed by atoms with E-state index in [1.54, 1.807) is 0 Å². The number of nitrogens with one attached hydrogen (secondary N) is 1. The molecule has 0 heterocycles. The average Bonchev–Trinajstić information content (AvgIpc) is 3.29. The van der Waals surface area contributed by atoms with Gasteiger partial charge in [-0.25, -0.2) is 0 Å². The lowest BCUT2D eigenvalue weighted by Gasteiger charge is -2.34. The molecule has 0 saturated heterocycles. The van der Waals surface area contributed by atoms with Gasteiger partial charge in [0.1, 0.15) is 0 Å². The first-order valence-electron chi connectivity index (χ1n) is 8.26. The third-order valence-electron chi connectivity index (χ3n) is 4.73. The van der Waals surface area contributed by atoms with Crippen molar-refractivity contribution < 1.29 is 0 Å². The zero-order valence-corrected chi connectivity index (χ0v) is 15.6. The highest BCUT2D eigenvalue weighted by molar-refractivity contribution is 9.10. The summed E-state index contributed by atoms with van der Waals surface area (Å²) in [4.78, 5) is 0. The summed E-state index contributed by atoms with van der Waals surface area (Å²) in [6.07, 6.45) is 8.84. The molecule has 1 aromatic carbocycles. The Morgan fingerprint density at radius 2 is 2.10 bits per heavy atom. The quantitative estimate of drug-likeness (QED) is 0.562. The Kier molecular flexibility index (Phi) is 6.58. The summed E-state index contributed by atoms with van der Waals surface area (Å²) in [5.74, 6) is 0. The molecule has 1 aliphatic carbocycles. The van der Waals surface area contributed by atoms with E-state index in [0.29, 0.717) is 5.41 Å². The molecule has 1 aromatic rings. The van der Waals surface area contributed by atoms with Gasteiger partial charge >= 0.3 is 0 Å². The highest BCUT2D eigenvalue weighted by Gasteiger charge is 2.31. The Balaban J connectivity index is 2.11. The van der Waals surface area contributed by atoms with Crippen LogP contribution in [-0.2, 0) is 6.42 Å². The smallest absolute Gasteiger partial charge is 0.0449 e. The van der Waals surface area contributed by atoms with E-state index in [9.17, 15) is 0 Å². The van der Waals surface area contributed by atoms with E-state index in [2.05, 4.69) is 47.2 Å². The molecule has 1 saturated carbocycles. The van der Waals surface area contributed by atoms with Crippen LogP contribution in [0.4, 0.5) is 0 Å². The third-order valence-corrected chi connectivity index (χ3v) is 5.58. The molecule has 1 unspecified atom stereocenters. The molecule has 1 aliphatic rings. The monoisotopic (exact) mass is 371 g/mol. The van der Waals surface area contributed by atoms with Crippen molar-refractivity contribution in [1.82, 2.24) is 5.32 Å². The Bertz CT molecular complexity index is 459. The molecule has 1 atom stereocenters. The van der Waals surface area contributed by atoms with Gasteiger partial charge in [0, 0.05) is 22.1 Å². The zero-order chi connectivity index (χ0) is 15.3. The molecule has 0 radical (unpaired) electrons. The molecule has 1 fully saturated rings. The second-order valence-corrected chi connectivity index (χ2v) is 7.85. The maximum Gasteiger partial charge on any atom is 0.0449 e. The van der Waals surface area contributed by atoms with Crippen molar-refractivity contribution in [1.29, 1.82) is 0 Å². The van der Waals surface area contributed by atoms with Gasteiger partial charge in [-0.05, 0) is 55.2 Å². The minimum Gasteiger partial charge on any atom is -0.313 e. The van der Waals surface area contributed by atoms with Crippen LogP contribution in [0.5, 0.6) is 0 Å². The lowest BCUT2D eigenvalue weighted by Crippen LogP contribution is -2.37. The largest absolute Gasteiger partial charge is 0.313 e. The Morgan fingerprint density at radius 3 is 2.67 bits per heavy atom. The number of unbranched alkanes of at least 4 members (excludes halogenated alkanes) is 1. The van der Waals surface area contributed by atoms with Gasteiger partial charge in [0.15, 0.2) is 0 Å². The van der Waals surface area contributed by atoms with Crippen molar-refractivity contribution in [2.45, 2.75) is 64.8 Å². The third kappa shape index (κ3) is 5.26.